The molecule has 1 amide bonds. The van der Waals surface area contributed by atoms with E-state index in [0.29, 0.717) is 21.8 Å². The van der Waals surface area contributed by atoms with Gasteiger partial charge in [-0.25, -0.2) is 13.4 Å². The van der Waals surface area contributed by atoms with Crippen molar-refractivity contribution in [2.45, 2.75) is 29.8 Å². The summed E-state index contributed by atoms with van der Waals surface area (Å²) < 4.78 is 23.1. The fourth-order valence-electron chi connectivity index (χ4n) is 2.67. The van der Waals surface area contributed by atoms with Gasteiger partial charge in [-0.05, 0) is 24.8 Å². The first-order chi connectivity index (χ1) is 11.3. The predicted octanol–water partition coefficient (Wildman–Crippen LogP) is 1.11. The molecular formula is C14H17N3O4S3. The summed E-state index contributed by atoms with van der Waals surface area (Å²) in [5.41, 5.74) is -0.223. The number of rotatable bonds is 4. The first-order valence-electron chi connectivity index (χ1n) is 7.38. The van der Waals surface area contributed by atoms with E-state index in [1.807, 2.05) is 0 Å². The Hall–Kier alpha value is -1.39. The molecule has 1 N–H and O–H groups in total. The SMILES string of the molecule is C[C@@H](Sc1nc2sccc2c(=O)[nH]1)C(=O)N(C)[C@@H]1CCS(=O)(=O)C1. The molecule has 0 bridgehead atoms. The first-order valence-corrected chi connectivity index (χ1v) is 11.0. The molecule has 24 heavy (non-hydrogen) atoms. The Kier molecular flexibility index (Phi) is 4.71. The molecule has 1 aliphatic heterocycles. The van der Waals surface area contributed by atoms with Gasteiger partial charge in [-0.3, -0.25) is 9.59 Å². The number of sulfone groups is 1. The van der Waals surface area contributed by atoms with Crippen LogP contribution in [0.15, 0.2) is 21.4 Å². The standard InChI is InChI=1S/C14H17N3O4S3/c1-8(13(19)17(2)9-4-6-24(20,21)7-9)23-14-15-11(18)10-3-5-22-12(10)16-14/h3,5,8-9H,4,6-7H2,1-2H3,(H,15,16,18)/t8-,9-/m1/s1. The van der Waals surface area contributed by atoms with Gasteiger partial charge in [0.1, 0.15) is 4.83 Å². The number of thiophene rings is 1. The first kappa shape index (κ1) is 17.4. The van der Waals surface area contributed by atoms with Crippen molar-refractivity contribution in [3.63, 3.8) is 0 Å². The van der Waals surface area contributed by atoms with E-state index < -0.39 is 15.1 Å². The van der Waals surface area contributed by atoms with Crippen LogP contribution in [0.1, 0.15) is 13.3 Å². The number of carbonyl (C=O) groups is 1. The Morgan fingerprint density at radius 3 is 2.96 bits per heavy atom. The van der Waals surface area contributed by atoms with Crippen molar-refractivity contribution in [3.05, 3.63) is 21.8 Å². The van der Waals surface area contributed by atoms with Crippen molar-refractivity contribution >= 4 is 49.1 Å². The Bertz CT molecular complexity index is 934. The third kappa shape index (κ3) is 3.50. The van der Waals surface area contributed by atoms with Crippen molar-refractivity contribution in [1.82, 2.24) is 14.9 Å². The lowest BCUT2D eigenvalue weighted by atomic mass is 10.2. The Balaban J connectivity index is 1.72. The zero-order valence-corrected chi connectivity index (χ0v) is 15.6. The Morgan fingerprint density at radius 2 is 2.29 bits per heavy atom. The second-order valence-electron chi connectivity index (χ2n) is 5.78. The summed E-state index contributed by atoms with van der Waals surface area (Å²) in [6, 6.07) is 1.43. The van der Waals surface area contributed by atoms with E-state index in [1.165, 1.54) is 28.0 Å². The molecule has 0 saturated carbocycles. The van der Waals surface area contributed by atoms with Crippen molar-refractivity contribution in [2.24, 2.45) is 0 Å². The lowest BCUT2D eigenvalue weighted by Crippen LogP contribution is -2.41. The van der Waals surface area contributed by atoms with Gasteiger partial charge in [0.25, 0.3) is 5.56 Å². The highest BCUT2D eigenvalue weighted by Gasteiger charge is 2.34. The average Bonchev–Trinajstić information content (AvgIpc) is 3.12. The summed E-state index contributed by atoms with van der Waals surface area (Å²) >= 11 is 2.54. The second-order valence-corrected chi connectivity index (χ2v) is 10.2. The van der Waals surface area contributed by atoms with Crippen LogP contribution in [0.2, 0.25) is 0 Å². The lowest BCUT2D eigenvalue weighted by molar-refractivity contribution is -0.130. The average molecular weight is 388 g/mol. The summed E-state index contributed by atoms with van der Waals surface area (Å²) in [7, 11) is -1.41. The van der Waals surface area contributed by atoms with Crippen LogP contribution in [0.25, 0.3) is 10.2 Å². The fraction of sp³-hybridized carbons (Fsp3) is 0.500. The topological polar surface area (TPSA) is 100 Å². The number of hydrogen-bond donors (Lipinski definition) is 1. The zero-order valence-electron chi connectivity index (χ0n) is 13.2. The largest absolute Gasteiger partial charge is 0.341 e. The number of hydrogen-bond acceptors (Lipinski definition) is 7. The number of H-pyrrole nitrogens is 1. The fourth-order valence-corrected chi connectivity index (χ4v) is 6.16. The molecule has 2 aromatic heterocycles. The number of thioether (sulfide) groups is 1. The minimum atomic E-state index is -3.04. The van der Waals surface area contributed by atoms with Crippen molar-refractivity contribution in [2.75, 3.05) is 18.6 Å². The number of aromatic nitrogens is 2. The molecule has 0 spiro atoms. The number of fused-ring (bicyclic) bond motifs is 1. The number of amides is 1. The summed E-state index contributed by atoms with van der Waals surface area (Å²) in [4.78, 5) is 33.7. The molecule has 1 aliphatic rings. The molecule has 0 radical (unpaired) electrons. The van der Waals surface area contributed by atoms with Crippen LogP contribution in [0.3, 0.4) is 0 Å². The molecule has 130 valence electrons. The van der Waals surface area contributed by atoms with Gasteiger partial charge in [-0.1, -0.05) is 11.8 Å². The maximum Gasteiger partial charge on any atom is 0.260 e. The maximum absolute atomic E-state index is 12.5. The van der Waals surface area contributed by atoms with Crippen LogP contribution in [-0.2, 0) is 14.6 Å². The summed E-state index contributed by atoms with van der Waals surface area (Å²) in [6.45, 7) is 1.73. The maximum atomic E-state index is 12.5. The predicted molar refractivity (Wildman–Crippen MR) is 95.4 cm³/mol. The highest BCUT2D eigenvalue weighted by molar-refractivity contribution is 8.00. The van der Waals surface area contributed by atoms with E-state index in [9.17, 15) is 18.0 Å². The van der Waals surface area contributed by atoms with E-state index in [0.717, 1.165) is 0 Å². The third-order valence-electron chi connectivity index (χ3n) is 4.05. The van der Waals surface area contributed by atoms with Gasteiger partial charge in [0.2, 0.25) is 5.91 Å². The van der Waals surface area contributed by atoms with Crippen molar-refractivity contribution in [1.29, 1.82) is 0 Å². The molecule has 1 fully saturated rings. The quantitative estimate of drug-likeness (QED) is 0.623. The van der Waals surface area contributed by atoms with Crippen LogP contribution in [-0.4, -0.2) is 59.0 Å². The molecule has 2 atom stereocenters. The van der Waals surface area contributed by atoms with Gasteiger partial charge in [0.15, 0.2) is 15.0 Å². The van der Waals surface area contributed by atoms with Gasteiger partial charge in [0, 0.05) is 13.1 Å². The summed E-state index contributed by atoms with van der Waals surface area (Å²) in [6.07, 6.45) is 0.470. The van der Waals surface area contributed by atoms with Crippen LogP contribution in [0.5, 0.6) is 0 Å². The van der Waals surface area contributed by atoms with Gasteiger partial charge >= 0.3 is 0 Å². The molecule has 7 nitrogen and oxygen atoms in total. The number of aromatic amines is 1. The highest BCUT2D eigenvalue weighted by atomic mass is 32.2. The summed E-state index contributed by atoms with van der Waals surface area (Å²) in [5.74, 6) is -0.0279. The van der Waals surface area contributed by atoms with E-state index in [2.05, 4.69) is 9.97 Å². The van der Waals surface area contributed by atoms with Crippen molar-refractivity contribution < 1.29 is 13.2 Å². The molecule has 0 aromatic carbocycles. The Labute approximate surface area is 147 Å². The molecule has 0 unspecified atom stereocenters. The van der Waals surface area contributed by atoms with Gasteiger partial charge < -0.3 is 9.88 Å². The van der Waals surface area contributed by atoms with Crippen LogP contribution in [0, 0.1) is 0 Å². The second kappa shape index (κ2) is 6.49. The molecule has 2 aromatic rings. The minimum Gasteiger partial charge on any atom is -0.341 e. The smallest absolute Gasteiger partial charge is 0.260 e. The van der Waals surface area contributed by atoms with E-state index in [1.54, 1.807) is 25.4 Å². The number of nitrogens with one attached hydrogen (secondary N) is 1. The lowest BCUT2D eigenvalue weighted by Gasteiger charge is -2.26. The molecular weight excluding hydrogens is 370 g/mol. The van der Waals surface area contributed by atoms with E-state index in [-0.39, 0.29) is 29.0 Å². The molecule has 10 heteroatoms. The van der Waals surface area contributed by atoms with Crippen LogP contribution in [0.4, 0.5) is 0 Å². The van der Waals surface area contributed by atoms with E-state index >= 15 is 0 Å². The molecule has 0 aliphatic carbocycles. The highest BCUT2D eigenvalue weighted by Crippen LogP contribution is 2.25. The van der Waals surface area contributed by atoms with Gasteiger partial charge in [0.05, 0.1) is 22.1 Å². The van der Waals surface area contributed by atoms with Crippen LogP contribution < -0.4 is 5.56 Å². The number of carbonyl (C=O) groups excluding carboxylic acids is 1. The molecule has 1 saturated heterocycles. The Morgan fingerprint density at radius 1 is 1.54 bits per heavy atom. The van der Waals surface area contributed by atoms with Gasteiger partial charge in [-0.2, -0.15) is 0 Å². The number of nitrogens with zero attached hydrogens (tertiary/aromatic N) is 2. The van der Waals surface area contributed by atoms with Gasteiger partial charge in [-0.15, -0.1) is 11.3 Å². The molecule has 3 rings (SSSR count). The summed E-state index contributed by atoms with van der Waals surface area (Å²) in [5, 5.41) is 2.25. The zero-order chi connectivity index (χ0) is 17.5. The molecule has 3 heterocycles. The monoisotopic (exact) mass is 387 g/mol. The van der Waals surface area contributed by atoms with Crippen molar-refractivity contribution in [3.8, 4) is 0 Å². The third-order valence-corrected chi connectivity index (χ3v) is 7.58. The van der Waals surface area contributed by atoms with Crippen LogP contribution >= 0.6 is 23.1 Å². The normalized spacial score (nSPS) is 21.0. The minimum absolute atomic E-state index is 0.0167. The van der Waals surface area contributed by atoms with E-state index in [4.69, 9.17) is 0 Å².